The Labute approximate surface area is 109 Å². The molecule has 0 radical (unpaired) electrons. The summed E-state index contributed by atoms with van der Waals surface area (Å²) in [7, 11) is -4.00. The zero-order valence-corrected chi connectivity index (χ0v) is 10.9. The van der Waals surface area contributed by atoms with E-state index < -0.39 is 20.7 Å². The molecule has 0 spiro atoms. The third kappa shape index (κ3) is 3.09. The molecule has 19 heavy (non-hydrogen) atoms. The molecule has 2 aromatic rings. The maximum atomic E-state index is 13.5. The van der Waals surface area contributed by atoms with Crippen LogP contribution < -0.4 is 10.5 Å². The van der Waals surface area contributed by atoms with E-state index in [-0.39, 0.29) is 12.2 Å². The van der Waals surface area contributed by atoms with Gasteiger partial charge in [0.1, 0.15) is 10.7 Å². The van der Waals surface area contributed by atoms with Crippen molar-refractivity contribution in [2.45, 2.75) is 18.4 Å². The van der Waals surface area contributed by atoms with E-state index in [9.17, 15) is 12.8 Å². The van der Waals surface area contributed by atoms with Crippen molar-refractivity contribution < 1.29 is 17.3 Å². The summed E-state index contributed by atoms with van der Waals surface area (Å²) in [6.45, 7) is 1.59. The first-order valence-corrected chi connectivity index (χ1v) is 6.84. The van der Waals surface area contributed by atoms with Crippen LogP contribution in [0.3, 0.4) is 0 Å². The van der Waals surface area contributed by atoms with E-state index in [2.05, 4.69) is 9.88 Å². The molecule has 0 atom stereocenters. The second-order valence-corrected chi connectivity index (χ2v) is 5.68. The normalized spacial score (nSPS) is 11.7. The lowest BCUT2D eigenvalue weighted by Gasteiger charge is -2.06. The van der Waals surface area contributed by atoms with Gasteiger partial charge in [0.25, 0.3) is 0 Å². The molecule has 8 heteroatoms. The molecule has 102 valence electrons. The van der Waals surface area contributed by atoms with Gasteiger partial charge in [-0.25, -0.2) is 17.5 Å². The van der Waals surface area contributed by atoms with Gasteiger partial charge in [0, 0.05) is 11.8 Å². The molecule has 0 amide bonds. The number of anilines is 1. The Hall–Kier alpha value is -1.93. The van der Waals surface area contributed by atoms with Crippen molar-refractivity contribution in [2.75, 3.05) is 5.73 Å². The number of aryl methyl sites for hydroxylation is 1. The zero-order chi connectivity index (χ0) is 14.0. The molecule has 0 aliphatic carbocycles. The fourth-order valence-electron chi connectivity index (χ4n) is 1.47. The number of sulfonamides is 1. The Morgan fingerprint density at radius 1 is 1.42 bits per heavy atom. The number of rotatable bonds is 4. The van der Waals surface area contributed by atoms with Gasteiger partial charge in [0.2, 0.25) is 10.0 Å². The van der Waals surface area contributed by atoms with Gasteiger partial charge in [-0.3, -0.25) is 0 Å². The number of aromatic nitrogens is 1. The number of nitrogens with one attached hydrogen (secondary N) is 1. The van der Waals surface area contributed by atoms with Crippen LogP contribution in [-0.4, -0.2) is 13.6 Å². The second kappa shape index (κ2) is 4.98. The van der Waals surface area contributed by atoms with Crippen LogP contribution >= 0.6 is 0 Å². The first-order chi connectivity index (χ1) is 8.88. The van der Waals surface area contributed by atoms with Crippen LogP contribution in [0.25, 0.3) is 0 Å². The average Bonchev–Trinajstić information content (AvgIpc) is 2.76. The van der Waals surface area contributed by atoms with Gasteiger partial charge in [0.15, 0.2) is 5.76 Å². The Bertz CT molecular complexity index is 697. The highest BCUT2D eigenvalue weighted by atomic mass is 32.2. The maximum Gasteiger partial charge on any atom is 0.243 e. The summed E-state index contributed by atoms with van der Waals surface area (Å²) in [6, 6.07) is 4.93. The molecule has 0 bridgehead atoms. The molecule has 0 aliphatic heterocycles. The minimum Gasteiger partial charge on any atom is -0.399 e. The summed E-state index contributed by atoms with van der Waals surface area (Å²) in [5.41, 5.74) is 6.24. The molecule has 0 saturated carbocycles. The summed E-state index contributed by atoms with van der Waals surface area (Å²) >= 11 is 0. The SMILES string of the molecule is Cc1cc(CNS(=O)(=O)c2cc(N)ccc2F)on1. The Balaban J connectivity index is 2.20. The van der Waals surface area contributed by atoms with Crippen molar-refractivity contribution in [3.05, 3.63) is 41.5 Å². The van der Waals surface area contributed by atoms with Crippen molar-refractivity contribution in [3.63, 3.8) is 0 Å². The van der Waals surface area contributed by atoms with Crippen LogP contribution in [0.2, 0.25) is 0 Å². The van der Waals surface area contributed by atoms with E-state index in [1.54, 1.807) is 13.0 Å². The highest BCUT2D eigenvalue weighted by Crippen LogP contribution is 2.17. The monoisotopic (exact) mass is 285 g/mol. The van der Waals surface area contributed by atoms with Crippen LogP contribution in [-0.2, 0) is 16.6 Å². The first-order valence-electron chi connectivity index (χ1n) is 5.35. The van der Waals surface area contributed by atoms with Gasteiger partial charge in [0.05, 0.1) is 12.2 Å². The molecule has 1 aromatic carbocycles. The standard InChI is InChI=1S/C11H12FN3O3S/c1-7-4-9(18-15-7)6-14-19(16,17)11-5-8(13)2-3-10(11)12/h2-5,14H,6,13H2,1H3. The van der Waals surface area contributed by atoms with Crippen molar-refractivity contribution in [3.8, 4) is 0 Å². The molecule has 0 aliphatic rings. The second-order valence-electron chi connectivity index (χ2n) is 3.95. The maximum absolute atomic E-state index is 13.5. The van der Waals surface area contributed by atoms with E-state index in [0.717, 1.165) is 12.1 Å². The summed E-state index contributed by atoms with van der Waals surface area (Å²) in [4.78, 5) is -0.497. The summed E-state index contributed by atoms with van der Waals surface area (Å²) in [6.07, 6.45) is 0. The van der Waals surface area contributed by atoms with E-state index in [1.807, 2.05) is 0 Å². The molecule has 1 aromatic heterocycles. The lowest BCUT2D eigenvalue weighted by Crippen LogP contribution is -2.24. The summed E-state index contributed by atoms with van der Waals surface area (Å²) in [5.74, 6) is -0.527. The molecule has 0 unspecified atom stereocenters. The van der Waals surface area contributed by atoms with E-state index in [4.69, 9.17) is 10.3 Å². The average molecular weight is 285 g/mol. The predicted octanol–water partition coefficient (Wildman–Crippen LogP) is 1.18. The molecular weight excluding hydrogens is 273 g/mol. The number of nitrogen functional groups attached to an aromatic ring is 1. The van der Waals surface area contributed by atoms with Crippen molar-refractivity contribution >= 4 is 15.7 Å². The Morgan fingerprint density at radius 3 is 2.79 bits per heavy atom. The minimum absolute atomic E-state index is 0.114. The fraction of sp³-hybridized carbons (Fsp3) is 0.182. The molecule has 3 N–H and O–H groups in total. The van der Waals surface area contributed by atoms with Gasteiger partial charge in [-0.15, -0.1) is 0 Å². The molecule has 6 nitrogen and oxygen atoms in total. The van der Waals surface area contributed by atoms with Gasteiger partial charge >= 0.3 is 0 Å². The fourth-order valence-corrected chi connectivity index (χ4v) is 2.57. The van der Waals surface area contributed by atoms with Crippen LogP contribution in [0.15, 0.2) is 33.7 Å². The number of benzene rings is 1. The summed E-state index contributed by atoms with van der Waals surface area (Å²) in [5, 5.41) is 3.62. The smallest absolute Gasteiger partial charge is 0.243 e. The third-order valence-corrected chi connectivity index (χ3v) is 3.77. The first kappa shape index (κ1) is 13.5. The lowest BCUT2D eigenvalue weighted by molar-refractivity contribution is 0.377. The van der Waals surface area contributed by atoms with Crippen LogP contribution in [0.1, 0.15) is 11.5 Å². The van der Waals surface area contributed by atoms with Gasteiger partial charge in [-0.05, 0) is 25.1 Å². The highest BCUT2D eigenvalue weighted by Gasteiger charge is 2.19. The molecular formula is C11H12FN3O3S. The molecule has 2 rings (SSSR count). The van der Waals surface area contributed by atoms with Crippen LogP contribution in [0.5, 0.6) is 0 Å². The number of halogens is 1. The third-order valence-electron chi connectivity index (χ3n) is 2.36. The van der Waals surface area contributed by atoms with Crippen molar-refractivity contribution in [2.24, 2.45) is 0 Å². The van der Waals surface area contributed by atoms with Crippen LogP contribution in [0.4, 0.5) is 10.1 Å². The number of nitrogens with two attached hydrogens (primary N) is 1. The zero-order valence-electron chi connectivity index (χ0n) is 10.1. The molecule has 1 heterocycles. The Morgan fingerprint density at radius 2 is 2.16 bits per heavy atom. The number of hydrogen-bond donors (Lipinski definition) is 2. The quantitative estimate of drug-likeness (QED) is 0.822. The largest absolute Gasteiger partial charge is 0.399 e. The van der Waals surface area contributed by atoms with Gasteiger partial charge in [-0.2, -0.15) is 0 Å². The number of nitrogens with zero attached hydrogens (tertiary/aromatic N) is 1. The van der Waals surface area contributed by atoms with Crippen molar-refractivity contribution in [1.82, 2.24) is 9.88 Å². The van der Waals surface area contributed by atoms with E-state index in [0.29, 0.717) is 11.5 Å². The topological polar surface area (TPSA) is 98.2 Å². The molecule has 0 fully saturated rings. The molecule has 0 saturated heterocycles. The van der Waals surface area contributed by atoms with Gasteiger partial charge < -0.3 is 10.3 Å². The number of hydrogen-bond acceptors (Lipinski definition) is 5. The van der Waals surface area contributed by atoms with E-state index in [1.165, 1.54) is 6.07 Å². The van der Waals surface area contributed by atoms with Crippen molar-refractivity contribution in [1.29, 1.82) is 0 Å². The minimum atomic E-state index is -4.00. The van der Waals surface area contributed by atoms with Gasteiger partial charge in [-0.1, -0.05) is 5.16 Å². The van der Waals surface area contributed by atoms with E-state index >= 15 is 0 Å². The van der Waals surface area contributed by atoms with Crippen LogP contribution in [0, 0.1) is 12.7 Å². The predicted molar refractivity (Wildman–Crippen MR) is 66.1 cm³/mol. The highest BCUT2D eigenvalue weighted by molar-refractivity contribution is 7.89. The Kier molecular flexibility index (Phi) is 3.54. The lowest BCUT2D eigenvalue weighted by atomic mass is 10.3. The summed E-state index contributed by atoms with van der Waals surface area (Å²) < 4.78 is 44.4.